The van der Waals surface area contributed by atoms with Gasteiger partial charge in [0.2, 0.25) is 0 Å². The van der Waals surface area contributed by atoms with Crippen molar-refractivity contribution in [3.63, 3.8) is 0 Å². The van der Waals surface area contributed by atoms with Crippen molar-refractivity contribution in [1.29, 1.82) is 0 Å². The van der Waals surface area contributed by atoms with Crippen LogP contribution >= 0.6 is 0 Å². The second-order valence-corrected chi connectivity index (χ2v) is 5.21. The fourth-order valence-electron chi connectivity index (χ4n) is 2.99. The number of aryl methyl sites for hydroxylation is 2. The Labute approximate surface area is 104 Å². The molecule has 1 aliphatic rings. The quantitative estimate of drug-likeness (QED) is 0.867. The molecule has 1 atom stereocenters. The smallest absolute Gasteiger partial charge is 0.0434 e. The molecule has 2 nitrogen and oxygen atoms in total. The molecule has 0 bridgehead atoms. The van der Waals surface area contributed by atoms with Crippen LogP contribution in [-0.2, 0) is 0 Å². The van der Waals surface area contributed by atoms with Gasteiger partial charge in [-0.3, -0.25) is 0 Å². The molecule has 1 saturated heterocycles. The highest BCUT2D eigenvalue weighted by Crippen LogP contribution is 2.29. The molecule has 1 aromatic carbocycles. The molecule has 0 aromatic heterocycles. The minimum absolute atomic E-state index is 0.325. The number of anilines is 1. The maximum atomic E-state index is 9.07. The van der Waals surface area contributed by atoms with Gasteiger partial charge in [0.25, 0.3) is 0 Å². The summed E-state index contributed by atoms with van der Waals surface area (Å²) in [6.45, 7) is 6.97. The molecule has 17 heavy (non-hydrogen) atoms. The Balaban J connectivity index is 2.16. The second kappa shape index (κ2) is 5.54. The lowest BCUT2D eigenvalue weighted by Gasteiger charge is -2.36. The number of aliphatic hydroxyl groups excluding tert-OH is 1. The molecule has 0 spiro atoms. The monoisotopic (exact) mass is 233 g/mol. The van der Waals surface area contributed by atoms with E-state index < -0.39 is 0 Å². The third-order valence-electron chi connectivity index (χ3n) is 3.81. The van der Waals surface area contributed by atoms with Gasteiger partial charge in [-0.15, -0.1) is 0 Å². The lowest BCUT2D eigenvalue weighted by Crippen LogP contribution is -2.36. The summed E-state index contributed by atoms with van der Waals surface area (Å²) >= 11 is 0. The van der Waals surface area contributed by atoms with Crippen molar-refractivity contribution in [3.05, 3.63) is 29.3 Å². The van der Waals surface area contributed by atoms with Crippen LogP contribution in [-0.4, -0.2) is 24.8 Å². The van der Waals surface area contributed by atoms with Crippen LogP contribution in [0.2, 0.25) is 0 Å². The topological polar surface area (TPSA) is 23.5 Å². The largest absolute Gasteiger partial charge is 0.396 e. The Hall–Kier alpha value is -1.02. The van der Waals surface area contributed by atoms with E-state index in [1.54, 1.807) is 0 Å². The van der Waals surface area contributed by atoms with Crippen LogP contribution < -0.4 is 4.90 Å². The lowest BCUT2D eigenvalue weighted by atomic mass is 9.93. The predicted octanol–water partition coefficient (Wildman–Crippen LogP) is 2.90. The first-order chi connectivity index (χ1) is 8.22. The van der Waals surface area contributed by atoms with Crippen LogP contribution in [0.1, 0.15) is 30.4 Å². The Morgan fingerprint density at radius 3 is 2.65 bits per heavy atom. The summed E-state index contributed by atoms with van der Waals surface area (Å²) in [6, 6.07) is 6.51. The Bertz CT molecular complexity index is 353. The van der Waals surface area contributed by atoms with Crippen molar-refractivity contribution < 1.29 is 5.11 Å². The summed E-state index contributed by atoms with van der Waals surface area (Å²) in [5, 5.41) is 9.07. The third-order valence-corrected chi connectivity index (χ3v) is 3.81. The van der Waals surface area contributed by atoms with Crippen molar-refractivity contribution in [3.8, 4) is 0 Å². The third kappa shape index (κ3) is 2.81. The molecule has 1 unspecified atom stereocenters. The van der Waals surface area contributed by atoms with Gasteiger partial charge in [0.15, 0.2) is 0 Å². The predicted molar refractivity (Wildman–Crippen MR) is 72.6 cm³/mol. The van der Waals surface area contributed by atoms with Crippen molar-refractivity contribution in [1.82, 2.24) is 0 Å². The van der Waals surface area contributed by atoms with Gasteiger partial charge in [-0.1, -0.05) is 18.2 Å². The van der Waals surface area contributed by atoms with E-state index in [4.69, 9.17) is 5.11 Å². The molecule has 0 saturated carbocycles. The number of hydrogen-bond acceptors (Lipinski definition) is 2. The van der Waals surface area contributed by atoms with E-state index in [1.165, 1.54) is 29.7 Å². The number of nitrogens with zero attached hydrogens (tertiary/aromatic N) is 1. The Morgan fingerprint density at radius 1 is 1.29 bits per heavy atom. The summed E-state index contributed by atoms with van der Waals surface area (Å²) in [6.07, 6.45) is 3.46. The van der Waals surface area contributed by atoms with Gasteiger partial charge in [0.05, 0.1) is 0 Å². The van der Waals surface area contributed by atoms with E-state index in [0.717, 1.165) is 19.5 Å². The van der Waals surface area contributed by atoms with Gasteiger partial charge in [0, 0.05) is 25.4 Å². The first kappa shape index (κ1) is 12.4. The van der Waals surface area contributed by atoms with E-state index in [1.807, 2.05) is 0 Å². The molecule has 1 heterocycles. The van der Waals surface area contributed by atoms with Crippen molar-refractivity contribution in [2.45, 2.75) is 33.1 Å². The molecule has 0 amide bonds. The molecule has 1 fully saturated rings. The number of benzene rings is 1. The van der Waals surface area contributed by atoms with Crippen LogP contribution in [0.15, 0.2) is 18.2 Å². The highest BCUT2D eigenvalue weighted by Gasteiger charge is 2.21. The Morgan fingerprint density at radius 2 is 2.00 bits per heavy atom. The number of aliphatic hydroxyl groups is 1. The average molecular weight is 233 g/mol. The summed E-state index contributed by atoms with van der Waals surface area (Å²) < 4.78 is 0. The van der Waals surface area contributed by atoms with Crippen LogP contribution in [0.3, 0.4) is 0 Å². The fourth-order valence-corrected chi connectivity index (χ4v) is 2.99. The van der Waals surface area contributed by atoms with E-state index in [9.17, 15) is 0 Å². The zero-order chi connectivity index (χ0) is 12.3. The first-order valence-corrected chi connectivity index (χ1v) is 6.64. The van der Waals surface area contributed by atoms with Gasteiger partial charge in [-0.05, 0) is 50.2 Å². The summed E-state index contributed by atoms with van der Waals surface area (Å²) in [4.78, 5) is 2.51. The SMILES string of the molecule is Cc1cccc(C)c1N1CCCC(CCO)C1. The van der Waals surface area contributed by atoms with Crippen molar-refractivity contribution in [2.24, 2.45) is 5.92 Å². The number of hydrogen-bond donors (Lipinski definition) is 1. The highest BCUT2D eigenvalue weighted by molar-refractivity contribution is 5.59. The average Bonchev–Trinajstić information content (AvgIpc) is 2.30. The molecule has 1 aromatic rings. The van der Waals surface area contributed by atoms with Gasteiger partial charge >= 0.3 is 0 Å². The molecular weight excluding hydrogens is 210 g/mol. The molecule has 2 rings (SSSR count). The molecular formula is C15H23NO. The van der Waals surface area contributed by atoms with Gasteiger partial charge in [-0.2, -0.15) is 0 Å². The van der Waals surface area contributed by atoms with Crippen LogP contribution in [0.25, 0.3) is 0 Å². The van der Waals surface area contributed by atoms with E-state index >= 15 is 0 Å². The molecule has 1 N–H and O–H groups in total. The van der Waals surface area contributed by atoms with Gasteiger partial charge in [-0.25, -0.2) is 0 Å². The lowest BCUT2D eigenvalue weighted by molar-refractivity contribution is 0.244. The van der Waals surface area contributed by atoms with Crippen LogP contribution in [0.5, 0.6) is 0 Å². The molecule has 94 valence electrons. The standard InChI is InChI=1S/C15H23NO/c1-12-5-3-6-13(2)15(12)16-9-4-7-14(11-16)8-10-17/h3,5-6,14,17H,4,7-11H2,1-2H3. The zero-order valence-electron chi connectivity index (χ0n) is 10.9. The van der Waals surface area contributed by atoms with Crippen molar-refractivity contribution in [2.75, 3.05) is 24.6 Å². The van der Waals surface area contributed by atoms with Crippen molar-refractivity contribution >= 4 is 5.69 Å². The van der Waals surface area contributed by atoms with Gasteiger partial charge < -0.3 is 10.0 Å². The summed E-state index contributed by atoms with van der Waals surface area (Å²) in [7, 11) is 0. The van der Waals surface area contributed by atoms with E-state index in [-0.39, 0.29) is 0 Å². The van der Waals surface area contributed by atoms with E-state index in [2.05, 4.69) is 36.9 Å². The summed E-state index contributed by atoms with van der Waals surface area (Å²) in [5.41, 5.74) is 4.15. The highest BCUT2D eigenvalue weighted by atomic mass is 16.3. The zero-order valence-corrected chi connectivity index (χ0v) is 10.9. The summed E-state index contributed by atoms with van der Waals surface area (Å²) in [5.74, 6) is 0.660. The van der Waals surface area contributed by atoms with Crippen LogP contribution in [0.4, 0.5) is 5.69 Å². The molecule has 2 heteroatoms. The maximum absolute atomic E-state index is 9.07. The molecule has 1 aliphatic heterocycles. The van der Waals surface area contributed by atoms with Gasteiger partial charge in [0.1, 0.15) is 0 Å². The minimum Gasteiger partial charge on any atom is -0.396 e. The second-order valence-electron chi connectivity index (χ2n) is 5.21. The molecule has 0 aliphatic carbocycles. The van der Waals surface area contributed by atoms with E-state index in [0.29, 0.717) is 12.5 Å². The van der Waals surface area contributed by atoms with Crippen LogP contribution in [0, 0.1) is 19.8 Å². The number of para-hydroxylation sites is 1. The number of rotatable bonds is 3. The molecule has 0 radical (unpaired) electrons. The minimum atomic E-state index is 0.325. The normalized spacial score (nSPS) is 20.6. The maximum Gasteiger partial charge on any atom is 0.0434 e. The first-order valence-electron chi connectivity index (χ1n) is 6.64. The fraction of sp³-hybridized carbons (Fsp3) is 0.600. The number of piperidine rings is 1. The Kier molecular flexibility index (Phi) is 4.06.